The smallest absolute Gasteiger partial charge is 0.274 e. The lowest BCUT2D eigenvalue weighted by Gasteiger charge is -2.29. The zero-order valence-corrected chi connectivity index (χ0v) is 11.1. The Kier molecular flexibility index (Phi) is 4.06. The summed E-state index contributed by atoms with van der Waals surface area (Å²) in [7, 11) is -1.66. The Morgan fingerprint density at radius 1 is 1.56 bits per heavy atom. The fourth-order valence-electron chi connectivity index (χ4n) is 2.13. The summed E-state index contributed by atoms with van der Waals surface area (Å²) in [5.41, 5.74) is 0. The Labute approximate surface area is 107 Å². The molecule has 6 nitrogen and oxygen atoms in total. The highest BCUT2D eigenvalue weighted by atomic mass is 32.2. The normalized spacial score (nSPS) is 22.2. The lowest BCUT2D eigenvalue weighted by atomic mass is 10.1. The van der Waals surface area contributed by atoms with Crippen molar-refractivity contribution in [2.24, 2.45) is 0 Å². The summed E-state index contributed by atoms with van der Waals surface area (Å²) < 4.78 is 31.7. The number of likely N-dealkylation sites (tertiary alicyclic amines) is 1. The van der Waals surface area contributed by atoms with E-state index in [1.165, 1.54) is 12.1 Å². The fourth-order valence-corrected chi connectivity index (χ4v) is 3.34. The molecule has 1 saturated heterocycles. The molecule has 0 amide bonds. The second-order valence-corrected chi connectivity index (χ2v) is 6.25. The molecule has 1 aliphatic heterocycles. The molecule has 2 N–H and O–H groups in total. The zero-order chi connectivity index (χ0) is 13.2. The Bertz CT molecular complexity index is 497. The standard InChI is InChI=1S/C11H18N2O4S/c1-13-6-2-3-9(7-13)12-18(15,16)11-5-4-10(8-14)17-11/h4-5,9,12,14H,2-3,6-8H2,1H3. The van der Waals surface area contributed by atoms with Gasteiger partial charge in [0.15, 0.2) is 0 Å². The zero-order valence-electron chi connectivity index (χ0n) is 10.3. The molecule has 1 aromatic rings. The van der Waals surface area contributed by atoms with Gasteiger partial charge >= 0.3 is 0 Å². The van der Waals surface area contributed by atoms with Crippen LogP contribution in [-0.2, 0) is 16.6 Å². The van der Waals surface area contributed by atoms with Gasteiger partial charge in [-0.25, -0.2) is 13.1 Å². The second kappa shape index (κ2) is 5.40. The number of sulfonamides is 1. The van der Waals surface area contributed by atoms with Gasteiger partial charge in [-0.15, -0.1) is 0 Å². The lowest BCUT2D eigenvalue weighted by molar-refractivity contribution is 0.233. The molecular formula is C11H18N2O4S. The molecular weight excluding hydrogens is 256 g/mol. The molecule has 1 atom stereocenters. The van der Waals surface area contributed by atoms with Gasteiger partial charge in [0.25, 0.3) is 10.0 Å². The first-order valence-corrected chi connectivity index (χ1v) is 7.40. The summed E-state index contributed by atoms with van der Waals surface area (Å²) >= 11 is 0. The molecule has 102 valence electrons. The average molecular weight is 274 g/mol. The summed E-state index contributed by atoms with van der Waals surface area (Å²) in [5.74, 6) is 0.246. The van der Waals surface area contributed by atoms with Crippen LogP contribution in [0.15, 0.2) is 21.6 Å². The first-order valence-electron chi connectivity index (χ1n) is 5.92. The molecule has 0 aromatic carbocycles. The number of nitrogens with zero attached hydrogens (tertiary/aromatic N) is 1. The molecule has 7 heteroatoms. The Morgan fingerprint density at radius 2 is 2.33 bits per heavy atom. The number of hydrogen-bond donors (Lipinski definition) is 2. The SMILES string of the molecule is CN1CCCC(NS(=O)(=O)c2ccc(CO)o2)C1. The Hall–Kier alpha value is -0.890. The van der Waals surface area contributed by atoms with Crippen molar-refractivity contribution in [3.63, 3.8) is 0 Å². The molecule has 0 spiro atoms. The number of aliphatic hydroxyl groups excluding tert-OH is 1. The van der Waals surface area contributed by atoms with E-state index in [4.69, 9.17) is 9.52 Å². The van der Waals surface area contributed by atoms with E-state index in [1.807, 2.05) is 7.05 Å². The third-order valence-electron chi connectivity index (χ3n) is 3.00. The number of hydrogen-bond acceptors (Lipinski definition) is 5. The van der Waals surface area contributed by atoms with Crippen molar-refractivity contribution in [3.05, 3.63) is 17.9 Å². The van der Waals surface area contributed by atoms with E-state index < -0.39 is 10.0 Å². The number of aliphatic hydroxyl groups is 1. The Morgan fingerprint density at radius 3 is 2.94 bits per heavy atom. The molecule has 1 aromatic heterocycles. The minimum Gasteiger partial charge on any atom is -0.446 e. The van der Waals surface area contributed by atoms with Crippen LogP contribution in [0.4, 0.5) is 0 Å². The van der Waals surface area contributed by atoms with Crippen LogP contribution in [0.1, 0.15) is 18.6 Å². The fraction of sp³-hybridized carbons (Fsp3) is 0.636. The number of piperidine rings is 1. The Balaban J connectivity index is 2.06. The van der Waals surface area contributed by atoms with Crippen LogP contribution in [0.2, 0.25) is 0 Å². The first kappa shape index (κ1) is 13.5. The highest BCUT2D eigenvalue weighted by Gasteiger charge is 2.25. The summed E-state index contributed by atoms with van der Waals surface area (Å²) in [5, 5.41) is 8.72. The first-order chi connectivity index (χ1) is 8.51. The van der Waals surface area contributed by atoms with Crippen molar-refractivity contribution in [1.82, 2.24) is 9.62 Å². The maximum Gasteiger partial charge on any atom is 0.274 e. The van der Waals surface area contributed by atoms with Crippen LogP contribution in [0, 0.1) is 0 Å². The van der Waals surface area contributed by atoms with E-state index in [-0.39, 0.29) is 23.5 Å². The molecule has 2 heterocycles. The van der Waals surface area contributed by atoms with Crippen molar-refractivity contribution >= 4 is 10.0 Å². The van der Waals surface area contributed by atoms with Gasteiger partial charge in [0.1, 0.15) is 12.4 Å². The highest BCUT2D eigenvalue weighted by Crippen LogP contribution is 2.16. The van der Waals surface area contributed by atoms with Crippen LogP contribution >= 0.6 is 0 Å². The molecule has 0 radical (unpaired) electrons. The van der Waals surface area contributed by atoms with Gasteiger partial charge in [-0.1, -0.05) is 0 Å². The van der Waals surface area contributed by atoms with E-state index in [0.717, 1.165) is 19.4 Å². The maximum atomic E-state index is 12.0. The number of nitrogens with one attached hydrogen (secondary N) is 1. The lowest BCUT2D eigenvalue weighted by Crippen LogP contribution is -2.46. The van der Waals surface area contributed by atoms with Gasteiger partial charge in [0.05, 0.1) is 0 Å². The molecule has 2 rings (SSSR count). The van der Waals surface area contributed by atoms with E-state index in [1.54, 1.807) is 0 Å². The van der Waals surface area contributed by atoms with E-state index in [2.05, 4.69) is 9.62 Å². The number of rotatable bonds is 4. The molecule has 0 bridgehead atoms. The van der Waals surface area contributed by atoms with Gasteiger partial charge < -0.3 is 14.4 Å². The van der Waals surface area contributed by atoms with E-state index >= 15 is 0 Å². The van der Waals surface area contributed by atoms with Gasteiger partial charge in [-0.3, -0.25) is 0 Å². The minimum atomic E-state index is -3.63. The van der Waals surface area contributed by atoms with Crippen molar-refractivity contribution in [2.45, 2.75) is 30.6 Å². The predicted molar refractivity (Wildman–Crippen MR) is 65.5 cm³/mol. The van der Waals surface area contributed by atoms with E-state index in [0.29, 0.717) is 6.54 Å². The van der Waals surface area contributed by atoms with Gasteiger partial charge in [-0.05, 0) is 38.6 Å². The van der Waals surface area contributed by atoms with Crippen LogP contribution in [-0.4, -0.2) is 44.6 Å². The number of furan rings is 1. The number of likely N-dealkylation sites (N-methyl/N-ethyl adjacent to an activating group) is 1. The van der Waals surface area contributed by atoms with Crippen molar-refractivity contribution < 1.29 is 17.9 Å². The van der Waals surface area contributed by atoms with Crippen molar-refractivity contribution in [3.8, 4) is 0 Å². The average Bonchev–Trinajstić information content (AvgIpc) is 2.77. The van der Waals surface area contributed by atoms with Gasteiger partial charge in [0, 0.05) is 12.6 Å². The van der Waals surface area contributed by atoms with Crippen LogP contribution in [0.25, 0.3) is 0 Å². The van der Waals surface area contributed by atoms with E-state index in [9.17, 15) is 8.42 Å². The highest BCUT2D eigenvalue weighted by molar-refractivity contribution is 7.89. The molecule has 1 unspecified atom stereocenters. The van der Waals surface area contributed by atoms with Crippen LogP contribution < -0.4 is 4.72 Å². The predicted octanol–water partition coefficient (Wildman–Crippen LogP) is 0.144. The second-order valence-electron chi connectivity index (χ2n) is 4.60. The summed E-state index contributed by atoms with van der Waals surface area (Å²) in [6, 6.07) is 2.73. The molecule has 18 heavy (non-hydrogen) atoms. The maximum absolute atomic E-state index is 12.0. The van der Waals surface area contributed by atoms with Gasteiger partial charge in [-0.2, -0.15) is 0 Å². The van der Waals surface area contributed by atoms with Crippen molar-refractivity contribution in [2.75, 3.05) is 20.1 Å². The molecule has 0 saturated carbocycles. The monoisotopic (exact) mass is 274 g/mol. The van der Waals surface area contributed by atoms with Crippen LogP contribution in [0.5, 0.6) is 0 Å². The summed E-state index contributed by atoms with van der Waals surface area (Å²) in [6.45, 7) is 1.39. The molecule has 1 fully saturated rings. The molecule has 1 aliphatic rings. The van der Waals surface area contributed by atoms with Crippen molar-refractivity contribution in [1.29, 1.82) is 0 Å². The van der Waals surface area contributed by atoms with Gasteiger partial charge in [0.2, 0.25) is 5.09 Å². The summed E-state index contributed by atoms with van der Waals surface area (Å²) in [4.78, 5) is 2.10. The third kappa shape index (κ3) is 3.11. The summed E-state index contributed by atoms with van der Waals surface area (Å²) in [6.07, 6.45) is 1.81. The third-order valence-corrected chi connectivity index (χ3v) is 4.40. The van der Waals surface area contributed by atoms with Crippen LogP contribution in [0.3, 0.4) is 0 Å². The largest absolute Gasteiger partial charge is 0.446 e. The minimum absolute atomic E-state index is 0.0866. The molecule has 0 aliphatic carbocycles. The topological polar surface area (TPSA) is 82.8 Å². The quantitative estimate of drug-likeness (QED) is 0.816.